The molecule has 0 amide bonds. The Labute approximate surface area is 160 Å². The van der Waals surface area contributed by atoms with Crippen LogP contribution < -0.4 is 5.32 Å². The van der Waals surface area contributed by atoms with Crippen molar-refractivity contribution in [3.8, 4) is 0 Å². The van der Waals surface area contributed by atoms with E-state index in [4.69, 9.17) is 0 Å². The fourth-order valence-electron chi connectivity index (χ4n) is 2.94. The lowest BCUT2D eigenvalue weighted by atomic mass is 10.4. The van der Waals surface area contributed by atoms with E-state index < -0.39 is 20.0 Å². The molecular formula is C18H23N3O4S2. The quantitative estimate of drug-likeness (QED) is 0.813. The van der Waals surface area contributed by atoms with E-state index in [1.165, 1.54) is 8.61 Å². The van der Waals surface area contributed by atoms with E-state index in [-0.39, 0.29) is 36.0 Å². The van der Waals surface area contributed by atoms with Crippen molar-refractivity contribution in [2.24, 2.45) is 0 Å². The average Bonchev–Trinajstić information content (AvgIpc) is 2.82. The zero-order valence-corrected chi connectivity index (χ0v) is 16.5. The third kappa shape index (κ3) is 4.56. The highest BCUT2D eigenvalue weighted by molar-refractivity contribution is 7.89. The molecule has 3 rings (SSSR count). The maximum atomic E-state index is 12.9. The van der Waals surface area contributed by atoms with Gasteiger partial charge < -0.3 is 5.32 Å². The minimum atomic E-state index is -3.68. The Hall–Kier alpha value is -1.78. The van der Waals surface area contributed by atoms with Gasteiger partial charge in [-0.1, -0.05) is 36.4 Å². The third-order valence-corrected chi connectivity index (χ3v) is 8.26. The van der Waals surface area contributed by atoms with Crippen molar-refractivity contribution in [1.82, 2.24) is 13.9 Å². The van der Waals surface area contributed by atoms with Crippen molar-refractivity contribution in [2.45, 2.75) is 9.79 Å². The van der Waals surface area contributed by atoms with E-state index in [1.54, 1.807) is 60.7 Å². The van der Waals surface area contributed by atoms with E-state index in [2.05, 4.69) is 5.32 Å². The molecule has 0 bridgehead atoms. The Morgan fingerprint density at radius 2 is 0.963 bits per heavy atom. The number of sulfonamides is 2. The smallest absolute Gasteiger partial charge is 0.243 e. The van der Waals surface area contributed by atoms with Gasteiger partial charge in [-0.3, -0.25) is 0 Å². The van der Waals surface area contributed by atoms with Gasteiger partial charge in [-0.25, -0.2) is 16.8 Å². The molecule has 7 nitrogen and oxygen atoms in total. The fraction of sp³-hybridized carbons (Fsp3) is 0.333. The lowest BCUT2D eigenvalue weighted by molar-refractivity contribution is 0.365. The zero-order chi connectivity index (χ0) is 19.3. The van der Waals surface area contributed by atoms with Gasteiger partial charge >= 0.3 is 0 Å². The summed E-state index contributed by atoms with van der Waals surface area (Å²) in [5, 5.41) is 3.12. The summed E-state index contributed by atoms with van der Waals surface area (Å²) in [6, 6.07) is 16.4. The van der Waals surface area contributed by atoms with Crippen molar-refractivity contribution < 1.29 is 16.8 Å². The number of hydrogen-bond acceptors (Lipinski definition) is 5. The predicted octanol–water partition coefficient (Wildman–Crippen LogP) is 0.971. The van der Waals surface area contributed by atoms with Gasteiger partial charge in [-0.05, 0) is 24.3 Å². The monoisotopic (exact) mass is 409 g/mol. The third-order valence-electron chi connectivity index (χ3n) is 4.44. The highest BCUT2D eigenvalue weighted by Crippen LogP contribution is 2.18. The molecule has 0 atom stereocenters. The van der Waals surface area contributed by atoms with Crippen LogP contribution in [0.25, 0.3) is 0 Å². The molecule has 1 heterocycles. The Balaban J connectivity index is 1.84. The first-order chi connectivity index (χ1) is 12.9. The van der Waals surface area contributed by atoms with Gasteiger partial charge in [0.2, 0.25) is 20.0 Å². The first kappa shape index (κ1) is 20.0. The van der Waals surface area contributed by atoms with Crippen LogP contribution in [0.15, 0.2) is 70.5 Å². The molecule has 1 N–H and O–H groups in total. The molecule has 1 aliphatic heterocycles. The van der Waals surface area contributed by atoms with Gasteiger partial charge in [-0.15, -0.1) is 0 Å². The lowest BCUT2D eigenvalue weighted by Crippen LogP contribution is -2.41. The SMILES string of the molecule is O=S(=O)(c1ccccc1)N1CCNCCN(S(=O)(=O)c2ccccc2)CC1. The molecule has 2 aromatic carbocycles. The average molecular weight is 410 g/mol. The summed E-state index contributed by atoms with van der Waals surface area (Å²) in [6.07, 6.45) is 0. The molecule has 27 heavy (non-hydrogen) atoms. The number of nitrogens with zero attached hydrogens (tertiary/aromatic N) is 2. The summed E-state index contributed by atoms with van der Waals surface area (Å²) in [5.74, 6) is 0. The molecule has 0 aliphatic carbocycles. The highest BCUT2D eigenvalue weighted by Gasteiger charge is 2.29. The van der Waals surface area contributed by atoms with Crippen molar-refractivity contribution in [1.29, 1.82) is 0 Å². The molecule has 1 saturated heterocycles. The second-order valence-electron chi connectivity index (χ2n) is 6.18. The van der Waals surface area contributed by atoms with E-state index in [1.807, 2.05) is 0 Å². The fourth-order valence-corrected chi connectivity index (χ4v) is 5.85. The van der Waals surface area contributed by atoms with E-state index in [0.29, 0.717) is 13.1 Å². The number of benzene rings is 2. The maximum absolute atomic E-state index is 12.9. The van der Waals surface area contributed by atoms with Crippen LogP contribution in [-0.4, -0.2) is 64.7 Å². The first-order valence-electron chi connectivity index (χ1n) is 8.73. The maximum Gasteiger partial charge on any atom is 0.243 e. The topological polar surface area (TPSA) is 86.8 Å². The Morgan fingerprint density at radius 3 is 1.33 bits per heavy atom. The van der Waals surface area contributed by atoms with Crippen LogP contribution in [0.3, 0.4) is 0 Å². The van der Waals surface area contributed by atoms with Crippen molar-refractivity contribution >= 4 is 20.0 Å². The summed E-state index contributed by atoms with van der Waals surface area (Å²) in [5.41, 5.74) is 0. The molecule has 1 fully saturated rings. The predicted molar refractivity (Wildman–Crippen MR) is 103 cm³/mol. The molecular weight excluding hydrogens is 386 g/mol. The van der Waals surface area contributed by atoms with E-state index in [9.17, 15) is 16.8 Å². The van der Waals surface area contributed by atoms with Crippen LogP contribution in [0.1, 0.15) is 0 Å². The van der Waals surface area contributed by atoms with Gasteiger partial charge in [0, 0.05) is 39.3 Å². The van der Waals surface area contributed by atoms with Gasteiger partial charge in [0.15, 0.2) is 0 Å². The molecule has 0 spiro atoms. The molecule has 146 valence electrons. The number of nitrogens with one attached hydrogen (secondary N) is 1. The van der Waals surface area contributed by atoms with Crippen molar-refractivity contribution in [3.63, 3.8) is 0 Å². The van der Waals surface area contributed by atoms with Crippen LogP contribution in [0.2, 0.25) is 0 Å². The van der Waals surface area contributed by atoms with Gasteiger partial charge in [-0.2, -0.15) is 8.61 Å². The zero-order valence-electron chi connectivity index (χ0n) is 14.9. The molecule has 0 radical (unpaired) electrons. The molecule has 0 saturated carbocycles. The van der Waals surface area contributed by atoms with E-state index >= 15 is 0 Å². The van der Waals surface area contributed by atoms with Gasteiger partial charge in [0.1, 0.15) is 0 Å². The van der Waals surface area contributed by atoms with Crippen LogP contribution in [-0.2, 0) is 20.0 Å². The van der Waals surface area contributed by atoms with Gasteiger partial charge in [0.05, 0.1) is 9.79 Å². The lowest BCUT2D eigenvalue weighted by Gasteiger charge is -2.25. The minimum absolute atomic E-state index is 0.102. The Bertz CT molecular complexity index is 869. The van der Waals surface area contributed by atoms with Crippen molar-refractivity contribution in [2.75, 3.05) is 39.3 Å². The summed E-state index contributed by atoms with van der Waals surface area (Å²) < 4.78 is 54.4. The Kier molecular flexibility index (Phi) is 6.28. The number of hydrogen-bond donors (Lipinski definition) is 1. The van der Waals surface area contributed by atoms with Crippen molar-refractivity contribution in [3.05, 3.63) is 60.7 Å². The molecule has 0 aromatic heterocycles. The summed E-state index contributed by atoms with van der Waals surface area (Å²) in [6.45, 7) is 1.71. The van der Waals surface area contributed by atoms with Crippen LogP contribution >= 0.6 is 0 Å². The summed E-state index contributed by atoms with van der Waals surface area (Å²) >= 11 is 0. The summed E-state index contributed by atoms with van der Waals surface area (Å²) in [7, 11) is -7.36. The van der Waals surface area contributed by atoms with Crippen LogP contribution in [0, 0.1) is 0 Å². The Morgan fingerprint density at radius 1 is 0.593 bits per heavy atom. The van der Waals surface area contributed by atoms with E-state index in [0.717, 1.165) is 0 Å². The molecule has 2 aromatic rings. The van der Waals surface area contributed by atoms with Crippen LogP contribution in [0.5, 0.6) is 0 Å². The second kappa shape index (κ2) is 8.49. The largest absolute Gasteiger partial charge is 0.314 e. The summed E-state index contributed by atoms with van der Waals surface area (Å²) in [4.78, 5) is 0.420. The van der Waals surface area contributed by atoms with Gasteiger partial charge in [0.25, 0.3) is 0 Å². The number of rotatable bonds is 4. The second-order valence-corrected chi connectivity index (χ2v) is 10.1. The molecule has 1 aliphatic rings. The highest BCUT2D eigenvalue weighted by atomic mass is 32.2. The first-order valence-corrected chi connectivity index (χ1v) is 11.6. The normalized spacial score (nSPS) is 18.4. The van der Waals surface area contributed by atoms with Crippen LogP contribution in [0.4, 0.5) is 0 Å². The molecule has 0 unspecified atom stereocenters. The standard InChI is InChI=1S/C18H23N3O4S2/c22-26(23,17-7-3-1-4-8-17)20-13-11-19-12-14-21(16-15-20)27(24,25)18-9-5-2-6-10-18/h1-10,19H,11-16H2. The molecule has 9 heteroatoms. The minimum Gasteiger partial charge on any atom is -0.314 e.